The van der Waals surface area contributed by atoms with Crippen molar-refractivity contribution in [2.24, 2.45) is 0 Å². The minimum atomic E-state index is -0.835. The third-order valence-corrected chi connectivity index (χ3v) is 3.72. The molecule has 1 aromatic carbocycles. The summed E-state index contributed by atoms with van der Waals surface area (Å²) in [5, 5.41) is 12.6. The first-order valence-electron chi connectivity index (χ1n) is 6.98. The molecule has 0 aliphatic carbocycles. The van der Waals surface area contributed by atoms with E-state index in [-0.39, 0.29) is 0 Å². The van der Waals surface area contributed by atoms with Crippen molar-refractivity contribution in [3.05, 3.63) is 35.4 Å². The molecule has 4 nitrogen and oxygen atoms in total. The molecule has 1 aliphatic heterocycles. The van der Waals surface area contributed by atoms with Gasteiger partial charge in [0.15, 0.2) is 0 Å². The summed E-state index contributed by atoms with van der Waals surface area (Å²) in [5.41, 5.74) is 1.34. The van der Waals surface area contributed by atoms with Crippen LogP contribution in [0.25, 0.3) is 0 Å². The van der Waals surface area contributed by atoms with Gasteiger partial charge in [-0.3, -0.25) is 4.90 Å². The highest BCUT2D eigenvalue weighted by Crippen LogP contribution is 2.17. The second-order valence-electron chi connectivity index (χ2n) is 5.08. The highest BCUT2D eigenvalue weighted by Gasteiger charge is 2.22. The Morgan fingerprint density at radius 2 is 2.26 bits per heavy atom. The van der Waals surface area contributed by atoms with Gasteiger partial charge in [0.25, 0.3) is 0 Å². The summed E-state index contributed by atoms with van der Waals surface area (Å²) in [4.78, 5) is 13.6. The third-order valence-electron chi connectivity index (χ3n) is 3.72. The molecule has 1 aliphatic rings. The monoisotopic (exact) mass is 262 g/mol. The Bertz CT molecular complexity index is 432. The van der Waals surface area contributed by atoms with Crippen LogP contribution >= 0.6 is 0 Å². The van der Waals surface area contributed by atoms with Gasteiger partial charge >= 0.3 is 5.97 Å². The molecule has 2 rings (SSSR count). The molecule has 0 bridgehead atoms. The molecule has 0 amide bonds. The first kappa shape index (κ1) is 14.0. The summed E-state index contributed by atoms with van der Waals surface area (Å²) in [5.74, 6) is -0.835. The molecule has 1 atom stereocenters. The number of rotatable bonds is 5. The maximum Gasteiger partial charge on any atom is 0.336 e. The van der Waals surface area contributed by atoms with Crippen LogP contribution in [-0.2, 0) is 6.54 Å². The number of carbonyl (C=O) groups is 1. The molecule has 1 aromatic rings. The molecule has 0 spiro atoms. The smallest absolute Gasteiger partial charge is 0.336 e. The number of hydrogen-bond donors (Lipinski definition) is 2. The zero-order chi connectivity index (χ0) is 13.7. The fourth-order valence-electron chi connectivity index (χ4n) is 2.71. The summed E-state index contributed by atoms with van der Waals surface area (Å²) in [6.07, 6.45) is 2.31. The summed E-state index contributed by atoms with van der Waals surface area (Å²) < 4.78 is 0. The molecule has 2 N–H and O–H groups in total. The predicted octanol–water partition coefficient (Wildman–Crippen LogP) is 1.96. The number of nitrogens with zero attached hydrogens (tertiary/aromatic N) is 1. The number of aromatic carboxylic acids is 1. The average Bonchev–Trinajstić information content (AvgIpc) is 2.42. The Hall–Kier alpha value is -1.39. The van der Waals surface area contributed by atoms with Crippen LogP contribution in [0.3, 0.4) is 0 Å². The van der Waals surface area contributed by atoms with Gasteiger partial charge in [0.2, 0.25) is 0 Å². The van der Waals surface area contributed by atoms with Crippen LogP contribution in [-0.4, -0.2) is 41.7 Å². The van der Waals surface area contributed by atoms with Gasteiger partial charge in [0.1, 0.15) is 0 Å². The van der Waals surface area contributed by atoms with E-state index in [1.54, 1.807) is 12.1 Å². The molecular weight excluding hydrogens is 240 g/mol. The lowest BCUT2D eigenvalue weighted by atomic mass is 10.0. The summed E-state index contributed by atoms with van der Waals surface area (Å²) in [7, 11) is 0. The van der Waals surface area contributed by atoms with Gasteiger partial charge < -0.3 is 10.4 Å². The van der Waals surface area contributed by atoms with Gasteiger partial charge in [0.05, 0.1) is 5.56 Å². The van der Waals surface area contributed by atoms with Gasteiger partial charge in [-0.2, -0.15) is 0 Å². The topological polar surface area (TPSA) is 52.6 Å². The minimum absolute atomic E-state index is 0.427. The Labute approximate surface area is 114 Å². The molecule has 0 aromatic heterocycles. The summed E-state index contributed by atoms with van der Waals surface area (Å²) in [6.45, 7) is 5.89. The number of piperazine rings is 1. The Kier molecular flexibility index (Phi) is 4.93. The third kappa shape index (κ3) is 3.55. The van der Waals surface area contributed by atoms with Gasteiger partial charge in [-0.05, 0) is 18.1 Å². The van der Waals surface area contributed by atoms with Gasteiger partial charge in [-0.25, -0.2) is 4.79 Å². The van der Waals surface area contributed by atoms with Crippen LogP contribution in [0.4, 0.5) is 0 Å². The van der Waals surface area contributed by atoms with Gasteiger partial charge in [-0.1, -0.05) is 31.5 Å². The molecule has 0 saturated carbocycles. The van der Waals surface area contributed by atoms with E-state index in [2.05, 4.69) is 17.1 Å². The van der Waals surface area contributed by atoms with Crippen molar-refractivity contribution < 1.29 is 9.90 Å². The van der Waals surface area contributed by atoms with E-state index >= 15 is 0 Å². The fourth-order valence-corrected chi connectivity index (χ4v) is 2.71. The minimum Gasteiger partial charge on any atom is -0.478 e. The predicted molar refractivity (Wildman–Crippen MR) is 75.4 cm³/mol. The van der Waals surface area contributed by atoms with E-state index in [0.717, 1.165) is 44.6 Å². The number of benzene rings is 1. The first-order valence-corrected chi connectivity index (χ1v) is 6.98. The highest BCUT2D eigenvalue weighted by atomic mass is 16.4. The van der Waals surface area contributed by atoms with Crippen LogP contribution in [0.2, 0.25) is 0 Å². The quantitative estimate of drug-likeness (QED) is 0.851. The Balaban J connectivity index is 2.12. The van der Waals surface area contributed by atoms with E-state index in [1.165, 1.54) is 0 Å². The van der Waals surface area contributed by atoms with Crippen LogP contribution in [0.5, 0.6) is 0 Å². The normalized spacial score (nSPS) is 20.4. The number of carboxylic acids is 1. The van der Waals surface area contributed by atoms with E-state index < -0.39 is 5.97 Å². The lowest BCUT2D eigenvalue weighted by Gasteiger charge is -2.36. The van der Waals surface area contributed by atoms with Gasteiger partial charge in [-0.15, -0.1) is 0 Å². The van der Waals surface area contributed by atoms with Gasteiger partial charge in [0, 0.05) is 32.2 Å². The van der Waals surface area contributed by atoms with Crippen molar-refractivity contribution in [2.75, 3.05) is 19.6 Å². The average molecular weight is 262 g/mol. The largest absolute Gasteiger partial charge is 0.478 e. The number of hydrogen-bond acceptors (Lipinski definition) is 3. The zero-order valence-electron chi connectivity index (χ0n) is 11.4. The number of carboxylic acid groups (broad SMARTS) is 1. The lowest BCUT2D eigenvalue weighted by molar-refractivity contribution is 0.0692. The zero-order valence-corrected chi connectivity index (χ0v) is 11.4. The lowest BCUT2D eigenvalue weighted by Crippen LogP contribution is -2.50. The standard InChI is InChI=1S/C15H22N2O2/c1-2-5-13-10-16-8-9-17(13)11-12-6-3-4-7-14(12)15(18)19/h3-4,6-7,13,16H,2,5,8-11H2,1H3,(H,18,19)/t13-/m0/s1. The second kappa shape index (κ2) is 6.68. The molecule has 19 heavy (non-hydrogen) atoms. The molecule has 0 radical (unpaired) electrons. The van der Waals surface area contributed by atoms with E-state index in [9.17, 15) is 9.90 Å². The first-order chi connectivity index (χ1) is 9.22. The van der Waals surface area contributed by atoms with E-state index in [1.807, 2.05) is 12.1 Å². The molecular formula is C15H22N2O2. The van der Waals surface area contributed by atoms with Crippen LogP contribution in [0.1, 0.15) is 35.7 Å². The molecule has 104 valence electrons. The molecule has 0 unspecified atom stereocenters. The van der Waals surface area contributed by atoms with Crippen molar-refractivity contribution in [1.29, 1.82) is 0 Å². The van der Waals surface area contributed by atoms with Crippen molar-refractivity contribution >= 4 is 5.97 Å². The van der Waals surface area contributed by atoms with Crippen molar-refractivity contribution in [3.8, 4) is 0 Å². The summed E-state index contributed by atoms with van der Waals surface area (Å²) in [6, 6.07) is 7.83. The maximum absolute atomic E-state index is 11.2. The fraction of sp³-hybridized carbons (Fsp3) is 0.533. The van der Waals surface area contributed by atoms with Crippen LogP contribution in [0.15, 0.2) is 24.3 Å². The van der Waals surface area contributed by atoms with Crippen molar-refractivity contribution in [3.63, 3.8) is 0 Å². The molecule has 1 heterocycles. The second-order valence-corrected chi connectivity index (χ2v) is 5.08. The Morgan fingerprint density at radius 3 is 3.00 bits per heavy atom. The SMILES string of the molecule is CCC[C@H]1CNCCN1Cc1ccccc1C(=O)O. The molecule has 1 saturated heterocycles. The highest BCUT2D eigenvalue weighted by molar-refractivity contribution is 5.89. The van der Waals surface area contributed by atoms with Crippen molar-refractivity contribution in [1.82, 2.24) is 10.2 Å². The van der Waals surface area contributed by atoms with Crippen molar-refractivity contribution in [2.45, 2.75) is 32.4 Å². The van der Waals surface area contributed by atoms with E-state index in [4.69, 9.17) is 0 Å². The molecule has 1 fully saturated rings. The molecule has 4 heteroatoms. The maximum atomic E-state index is 11.2. The van der Waals surface area contributed by atoms with Crippen LogP contribution in [0, 0.1) is 0 Å². The Morgan fingerprint density at radius 1 is 1.47 bits per heavy atom. The van der Waals surface area contributed by atoms with Crippen LogP contribution < -0.4 is 5.32 Å². The number of nitrogens with one attached hydrogen (secondary N) is 1. The van der Waals surface area contributed by atoms with E-state index in [0.29, 0.717) is 11.6 Å². The summed E-state index contributed by atoms with van der Waals surface area (Å²) >= 11 is 0.